The van der Waals surface area contributed by atoms with Gasteiger partial charge in [0.05, 0.1) is 28.6 Å². The first-order valence-corrected chi connectivity index (χ1v) is 7.89. The minimum Gasteiger partial charge on any atom is -0.346 e. The molecule has 7 heteroatoms. The van der Waals surface area contributed by atoms with Crippen molar-refractivity contribution in [2.24, 2.45) is 0 Å². The lowest BCUT2D eigenvalue weighted by Crippen LogP contribution is -2.23. The quantitative estimate of drug-likeness (QED) is 0.797. The van der Waals surface area contributed by atoms with E-state index >= 15 is 0 Å². The summed E-state index contributed by atoms with van der Waals surface area (Å²) in [6.07, 6.45) is 6.68. The van der Waals surface area contributed by atoms with Crippen LogP contribution in [0.5, 0.6) is 0 Å². The normalized spacial score (nSPS) is 10.5. The Kier molecular flexibility index (Phi) is 4.38. The predicted octanol–water partition coefficient (Wildman–Crippen LogP) is 2.54. The maximum absolute atomic E-state index is 12.3. The molecule has 116 valence electrons. The van der Waals surface area contributed by atoms with Gasteiger partial charge in [-0.3, -0.25) is 19.7 Å². The smallest absolute Gasteiger partial charge is 0.263 e. The average Bonchev–Trinajstić information content (AvgIpc) is 2.92. The minimum atomic E-state index is -0.143. The van der Waals surface area contributed by atoms with E-state index in [0.717, 1.165) is 22.0 Å². The number of pyridine rings is 1. The zero-order chi connectivity index (χ0) is 16.2. The Morgan fingerprint density at radius 3 is 2.74 bits per heavy atom. The van der Waals surface area contributed by atoms with E-state index in [0.29, 0.717) is 17.1 Å². The van der Waals surface area contributed by atoms with E-state index in [1.54, 1.807) is 24.8 Å². The number of carbonyl (C=O) groups excluding carboxylic acids is 1. The summed E-state index contributed by atoms with van der Waals surface area (Å²) in [5.74, 6) is -0.143. The van der Waals surface area contributed by atoms with Gasteiger partial charge in [-0.1, -0.05) is 0 Å². The fraction of sp³-hybridized carbons (Fsp3) is 0.188. The highest BCUT2D eigenvalue weighted by atomic mass is 32.1. The van der Waals surface area contributed by atoms with E-state index < -0.39 is 0 Å². The van der Waals surface area contributed by atoms with Gasteiger partial charge in [-0.2, -0.15) is 0 Å². The number of nitrogens with zero attached hydrogens (tertiary/aromatic N) is 4. The highest BCUT2D eigenvalue weighted by molar-refractivity contribution is 7.13. The third-order valence-electron chi connectivity index (χ3n) is 3.24. The lowest BCUT2D eigenvalue weighted by molar-refractivity contribution is 0.0953. The molecule has 3 rings (SSSR count). The first-order valence-electron chi connectivity index (χ1n) is 7.07. The first kappa shape index (κ1) is 15.2. The topological polar surface area (TPSA) is 80.7 Å². The van der Waals surface area contributed by atoms with E-state index in [1.165, 1.54) is 11.3 Å². The molecule has 0 unspecified atom stereocenters. The molecule has 0 radical (unpaired) electrons. The molecule has 23 heavy (non-hydrogen) atoms. The van der Waals surface area contributed by atoms with Crippen LogP contribution in [-0.2, 0) is 6.54 Å². The molecule has 6 nitrogen and oxygen atoms in total. The minimum absolute atomic E-state index is 0.143. The van der Waals surface area contributed by atoms with Crippen molar-refractivity contribution in [3.63, 3.8) is 0 Å². The van der Waals surface area contributed by atoms with Crippen LogP contribution in [0.2, 0.25) is 0 Å². The molecular formula is C16H15N5OS. The van der Waals surface area contributed by atoms with E-state index in [1.807, 2.05) is 26.0 Å². The van der Waals surface area contributed by atoms with Crippen LogP contribution in [0.4, 0.5) is 0 Å². The second kappa shape index (κ2) is 6.62. The van der Waals surface area contributed by atoms with Crippen LogP contribution in [-0.4, -0.2) is 25.8 Å². The molecular weight excluding hydrogens is 310 g/mol. The summed E-state index contributed by atoms with van der Waals surface area (Å²) in [5.41, 5.74) is 3.04. The van der Waals surface area contributed by atoms with Crippen molar-refractivity contribution in [3.05, 3.63) is 58.2 Å². The van der Waals surface area contributed by atoms with Gasteiger partial charge in [-0.25, -0.2) is 4.98 Å². The van der Waals surface area contributed by atoms with Gasteiger partial charge >= 0.3 is 0 Å². The summed E-state index contributed by atoms with van der Waals surface area (Å²) < 4.78 is 0. The van der Waals surface area contributed by atoms with Crippen LogP contribution in [0.25, 0.3) is 11.3 Å². The van der Waals surface area contributed by atoms with Crippen molar-refractivity contribution in [2.75, 3.05) is 0 Å². The van der Waals surface area contributed by atoms with Crippen molar-refractivity contribution < 1.29 is 4.79 Å². The summed E-state index contributed by atoms with van der Waals surface area (Å²) in [5, 5.41) is 3.77. The molecule has 1 amide bonds. The number of rotatable bonds is 4. The standard InChI is InChI=1S/C16H15N5OS/c1-10-15(23-11(2)21-10)16(22)20-9-13-14(19-7-6-18-13)12-4-3-5-17-8-12/h3-8H,9H2,1-2H3,(H,20,22). The van der Waals surface area contributed by atoms with E-state index in [2.05, 4.69) is 25.3 Å². The highest BCUT2D eigenvalue weighted by Crippen LogP contribution is 2.19. The SMILES string of the molecule is Cc1nc(C)c(C(=O)NCc2nccnc2-c2cccnc2)s1. The molecule has 0 atom stereocenters. The fourth-order valence-corrected chi connectivity index (χ4v) is 3.06. The molecule has 0 aliphatic carbocycles. The van der Waals surface area contributed by atoms with Crippen LogP contribution >= 0.6 is 11.3 Å². The Hall–Kier alpha value is -2.67. The molecule has 0 spiro atoms. The molecule has 3 aromatic rings. The number of carbonyl (C=O) groups is 1. The first-order chi connectivity index (χ1) is 11.1. The van der Waals surface area contributed by atoms with E-state index in [4.69, 9.17) is 0 Å². The lowest BCUT2D eigenvalue weighted by Gasteiger charge is -2.08. The zero-order valence-electron chi connectivity index (χ0n) is 12.8. The van der Waals surface area contributed by atoms with Crippen LogP contribution in [0, 0.1) is 13.8 Å². The number of aryl methyl sites for hydroxylation is 2. The highest BCUT2D eigenvalue weighted by Gasteiger charge is 2.15. The molecule has 3 heterocycles. The summed E-state index contributed by atoms with van der Waals surface area (Å²) >= 11 is 1.39. The van der Waals surface area contributed by atoms with Gasteiger partial charge in [0.2, 0.25) is 0 Å². The molecule has 0 aromatic carbocycles. The third kappa shape index (κ3) is 3.40. The van der Waals surface area contributed by atoms with Gasteiger partial charge in [-0.05, 0) is 26.0 Å². The van der Waals surface area contributed by atoms with Crippen molar-refractivity contribution in [2.45, 2.75) is 20.4 Å². The lowest BCUT2D eigenvalue weighted by atomic mass is 10.1. The molecule has 0 bridgehead atoms. The summed E-state index contributed by atoms with van der Waals surface area (Å²) in [7, 11) is 0. The van der Waals surface area contributed by atoms with Gasteiger partial charge < -0.3 is 5.32 Å². The van der Waals surface area contributed by atoms with Crippen LogP contribution < -0.4 is 5.32 Å². The third-order valence-corrected chi connectivity index (χ3v) is 4.31. The Balaban J connectivity index is 1.79. The Morgan fingerprint density at radius 1 is 1.22 bits per heavy atom. The summed E-state index contributed by atoms with van der Waals surface area (Å²) in [6.45, 7) is 4.02. The van der Waals surface area contributed by atoms with Crippen LogP contribution in [0.3, 0.4) is 0 Å². The number of thiazole rings is 1. The van der Waals surface area contributed by atoms with Crippen molar-refractivity contribution >= 4 is 17.2 Å². The Labute approximate surface area is 137 Å². The average molecular weight is 325 g/mol. The van der Waals surface area contributed by atoms with Crippen molar-refractivity contribution in [3.8, 4) is 11.3 Å². The van der Waals surface area contributed by atoms with E-state index in [-0.39, 0.29) is 5.91 Å². The predicted molar refractivity (Wildman–Crippen MR) is 88.0 cm³/mol. The van der Waals surface area contributed by atoms with Crippen molar-refractivity contribution in [1.82, 2.24) is 25.3 Å². The molecule has 0 saturated carbocycles. The number of aromatic nitrogens is 4. The number of hydrogen-bond acceptors (Lipinski definition) is 6. The zero-order valence-corrected chi connectivity index (χ0v) is 13.6. The number of amides is 1. The Bertz CT molecular complexity index is 831. The molecule has 0 fully saturated rings. The number of nitrogens with one attached hydrogen (secondary N) is 1. The monoisotopic (exact) mass is 325 g/mol. The molecule has 3 aromatic heterocycles. The second-order valence-corrected chi connectivity index (χ2v) is 6.13. The van der Waals surface area contributed by atoms with E-state index in [9.17, 15) is 4.79 Å². The largest absolute Gasteiger partial charge is 0.346 e. The molecule has 0 aliphatic heterocycles. The van der Waals surface area contributed by atoms with Gasteiger partial charge in [0, 0.05) is 30.4 Å². The Morgan fingerprint density at radius 2 is 2.04 bits per heavy atom. The van der Waals surface area contributed by atoms with Crippen LogP contribution in [0.15, 0.2) is 36.9 Å². The fourth-order valence-electron chi connectivity index (χ4n) is 2.23. The maximum atomic E-state index is 12.3. The molecule has 0 saturated heterocycles. The van der Waals surface area contributed by atoms with Gasteiger partial charge in [0.25, 0.3) is 5.91 Å². The van der Waals surface area contributed by atoms with Crippen molar-refractivity contribution in [1.29, 1.82) is 0 Å². The summed E-state index contributed by atoms with van der Waals surface area (Å²) in [6, 6.07) is 3.76. The van der Waals surface area contributed by atoms with Gasteiger partial charge in [-0.15, -0.1) is 11.3 Å². The molecule has 1 N–H and O–H groups in total. The van der Waals surface area contributed by atoms with Gasteiger partial charge in [0.15, 0.2) is 0 Å². The van der Waals surface area contributed by atoms with Gasteiger partial charge in [0.1, 0.15) is 4.88 Å². The van der Waals surface area contributed by atoms with Crippen LogP contribution in [0.1, 0.15) is 26.1 Å². The maximum Gasteiger partial charge on any atom is 0.263 e. The second-order valence-electron chi connectivity index (χ2n) is 4.92. The summed E-state index contributed by atoms with van der Waals surface area (Å²) in [4.78, 5) is 30.0. The molecule has 0 aliphatic rings. The number of hydrogen-bond donors (Lipinski definition) is 1.